The van der Waals surface area contributed by atoms with Crippen molar-refractivity contribution in [2.75, 3.05) is 13.2 Å². The van der Waals surface area contributed by atoms with Crippen LogP contribution in [-0.4, -0.2) is 19.6 Å². The molecule has 1 aromatic rings. The van der Waals surface area contributed by atoms with Gasteiger partial charge in [0.15, 0.2) is 11.6 Å². The minimum Gasteiger partial charge on any atom is -0.375 e. The number of halogens is 6. The first-order chi connectivity index (χ1) is 8.41. The van der Waals surface area contributed by atoms with E-state index in [0.717, 1.165) is 12.1 Å². The van der Waals surface area contributed by atoms with Crippen LogP contribution in [0.4, 0.5) is 17.6 Å². The van der Waals surface area contributed by atoms with Crippen LogP contribution in [0.5, 0.6) is 0 Å². The molecule has 0 aliphatic rings. The minimum absolute atomic E-state index is 0.0651. The van der Waals surface area contributed by atoms with Crippen LogP contribution < -0.4 is 0 Å². The van der Waals surface area contributed by atoms with E-state index in [4.69, 9.17) is 16.3 Å². The molecule has 0 spiro atoms. The molecule has 1 rings (SSSR count). The zero-order valence-corrected chi connectivity index (χ0v) is 11.4. The normalized spacial score (nSPS) is 13.1. The van der Waals surface area contributed by atoms with E-state index in [1.807, 2.05) is 0 Å². The van der Waals surface area contributed by atoms with Crippen LogP contribution in [0.2, 0.25) is 5.02 Å². The van der Waals surface area contributed by atoms with Gasteiger partial charge in [-0.25, -0.2) is 17.6 Å². The lowest BCUT2D eigenvalue weighted by Gasteiger charge is -2.12. The smallest absolute Gasteiger partial charge is 0.261 e. The van der Waals surface area contributed by atoms with Gasteiger partial charge in [0.2, 0.25) is 0 Å². The highest BCUT2D eigenvalue weighted by Crippen LogP contribution is 2.33. The van der Waals surface area contributed by atoms with Crippen molar-refractivity contribution < 1.29 is 22.3 Å². The molecule has 0 bridgehead atoms. The summed E-state index contributed by atoms with van der Waals surface area (Å²) in [5.41, 5.74) is 0.358. The fourth-order valence-electron chi connectivity index (χ4n) is 1.29. The van der Waals surface area contributed by atoms with Crippen molar-refractivity contribution in [2.24, 2.45) is 0 Å². The molecule has 0 aromatic heterocycles. The van der Waals surface area contributed by atoms with Crippen molar-refractivity contribution in [3.05, 3.63) is 34.4 Å². The first kappa shape index (κ1) is 15.7. The Hall–Kier alpha value is -0.330. The molecule has 1 nitrogen and oxygen atoms in total. The van der Waals surface area contributed by atoms with E-state index in [1.54, 1.807) is 0 Å². The lowest BCUT2D eigenvalue weighted by molar-refractivity contribution is 0.0167. The van der Waals surface area contributed by atoms with Crippen LogP contribution in [0.15, 0.2) is 12.1 Å². The summed E-state index contributed by atoms with van der Waals surface area (Å²) in [6, 6.07) is 1.85. The summed E-state index contributed by atoms with van der Waals surface area (Å²) in [7, 11) is 0. The quantitative estimate of drug-likeness (QED) is 0.312. The molecule has 0 aliphatic heterocycles. The Morgan fingerprint density at radius 3 is 2.44 bits per heavy atom. The molecular weight excluding hydrogens is 339 g/mol. The van der Waals surface area contributed by atoms with E-state index < -0.39 is 29.5 Å². The highest BCUT2D eigenvalue weighted by atomic mass is 79.9. The van der Waals surface area contributed by atoms with Gasteiger partial charge in [-0.05, 0) is 24.1 Å². The zero-order chi connectivity index (χ0) is 13.7. The zero-order valence-electron chi connectivity index (χ0n) is 9.11. The van der Waals surface area contributed by atoms with Crippen molar-refractivity contribution in [1.29, 1.82) is 0 Å². The van der Waals surface area contributed by atoms with Crippen molar-refractivity contribution in [2.45, 2.75) is 17.7 Å². The van der Waals surface area contributed by atoms with Gasteiger partial charge in [-0.15, -0.1) is 0 Å². The molecule has 18 heavy (non-hydrogen) atoms. The second kappa shape index (κ2) is 7.31. The number of hydrogen-bond acceptors (Lipinski definition) is 1. The SMILES string of the molecule is Fc1cc(Cl)c(C(Br)CCOCC(F)F)cc1F. The van der Waals surface area contributed by atoms with Gasteiger partial charge in [-0.2, -0.15) is 0 Å². The van der Waals surface area contributed by atoms with Crippen LogP contribution in [0, 0.1) is 11.6 Å². The standard InChI is InChI=1S/C11H10BrClF4O/c12-7(1-2-18-5-11(16)17)6-3-9(14)10(15)4-8(6)13/h3-4,7,11H,1-2,5H2. The maximum atomic E-state index is 13.0. The van der Waals surface area contributed by atoms with Crippen LogP contribution in [0.1, 0.15) is 16.8 Å². The Morgan fingerprint density at radius 1 is 1.22 bits per heavy atom. The molecule has 0 heterocycles. The van der Waals surface area contributed by atoms with E-state index in [-0.39, 0.29) is 11.6 Å². The summed E-state index contributed by atoms with van der Waals surface area (Å²) in [5.74, 6) is -2.04. The molecule has 1 unspecified atom stereocenters. The van der Waals surface area contributed by atoms with Gasteiger partial charge in [-0.3, -0.25) is 0 Å². The van der Waals surface area contributed by atoms with E-state index in [9.17, 15) is 17.6 Å². The number of alkyl halides is 3. The summed E-state index contributed by atoms with van der Waals surface area (Å²) < 4.78 is 54.1. The van der Waals surface area contributed by atoms with Gasteiger partial charge in [0.05, 0.1) is 0 Å². The Kier molecular flexibility index (Phi) is 6.38. The summed E-state index contributed by atoms with van der Waals surface area (Å²) in [6.45, 7) is -0.583. The summed E-state index contributed by atoms with van der Waals surface area (Å²) in [5, 5.41) is 0.0737. The highest BCUT2D eigenvalue weighted by Gasteiger charge is 2.15. The van der Waals surface area contributed by atoms with Crippen LogP contribution in [0.3, 0.4) is 0 Å². The molecule has 1 aromatic carbocycles. The Morgan fingerprint density at radius 2 is 1.83 bits per heavy atom. The number of benzene rings is 1. The van der Waals surface area contributed by atoms with Gasteiger partial charge in [0, 0.05) is 16.5 Å². The molecule has 7 heteroatoms. The van der Waals surface area contributed by atoms with Crippen molar-refractivity contribution >= 4 is 27.5 Å². The number of hydrogen-bond donors (Lipinski definition) is 0. The fraction of sp³-hybridized carbons (Fsp3) is 0.455. The lowest BCUT2D eigenvalue weighted by atomic mass is 10.1. The number of ether oxygens (including phenoxy) is 1. The van der Waals surface area contributed by atoms with Gasteiger partial charge in [0.25, 0.3) is 6.43 Å². The monoisotopic (exact) mass is 348 g/mol. The summed E-state index contributed by atoms with van der Waals surface area (Å²) >= 11 is 8.98. The number of rotatable bonds is 6. The maximum absolute atomic E-state index is 13.0. The average Bonchev–Trinajstić information content (AvgIpc) is 2.28. The highest BCUT2D eigenvalue weighted by molar-refractivity contribution is 9.09. The van der Waals surface area contributed by atoms with Gasteiger partial charge < -0.3 is 4.74 Å². The molecule has 1 atom stereocenters. The summed E-state index contributed by atoms with van der Waals surface area (Å²) in [6.07, 6.45) is -2.21. The van der Waals surface area contributed by atoms with Crippen molar-refractivity contribution in [3.63, 3.8) is 0 Å². The predicted octanol–water partition coefficient (Wildman–Crippen LogP) is 4.73. The second-order valence-electron chi connectivity index (χ2n) is 3.51. The second-order valence-corrected chi connectivity index (χ2v) is 5.02. The van der Waals surface area contributed by atoms with Gasteiger partial charge >= 0.3 is 0 Å². The molecule has 0 N–H and O–H groups in total. The van der Waals surface area contributed by atoms with E-state index in [2.05, 4.69) is 15.9 Å². The lowest BCUT2D eigenvalue weighted by Crippen LogP contribution is -2.07. The minimum atomic E-state index is -2.52. The van der Waals surface area contributed by atoms with Crippen molar-refractivity contribution in [3.8, 4) is 0 Å². The van der Waals surface area contributed by atoms with E-state index in [1.165, 1.54) is 0 Å². The van der Waals surface area contributed by atoms with Crippen LogP contribution in [-0.2, 0) is 4.74 Å². The van der Waals surface area contributed by atoms with Gasteiger partial charge in [0.1, 0.15) is 6.61 Å². The maximum Gasteiger partial charge on any atom is 0.261 e. The average molecular weight is 350 g/mol. The third kappa shape index (κ3) is 4.74. The first-order valence-electron chi connectivity index (χ1n) is 5.06. The van der Waals surface area contributed by atoms with Crippen LogP contribution in [0.25, 0.3) is 0 Å². The van der Waals surface area contributed by atoms with Crippen LogP contribution >= 0.6 is 27.5 Å². The largest absolute Gasteiger partial charge is 0.375 e. The molecule has 102 valence electrons. The third-order valence-electron chi connectivity index (χ3n) is 2.14. The molecule has 0 fully saturated rings. The predicted molar refractivity (Wildman–Crippen MR) is 64.5 cm³/mol. The third-order valence-corrected chi connectivity index (χ3v) is 3.41. The van der Waals surface area contributed by atoms with Gasteiger partial charge in [-0.1, -0.05) is 27.5 Å². The summed E-state index contributed by atoms with van der Waals surface area (Å²) in [4.78, 5) is -0.391. The molecule has 0 aliphatic carbocycles. The molecule has 0 amide bonds. The van der Waals surface area contributed by atoms with Crippen molar-refractivity contribution in [1.82, 2.24) is 0 Å². The van der Waals surface area contributed by atoms with E-state index in [0.29, 0.717) is 12.0 Å². The Balaban J connectivity index is 2.56. The fourth-order valence-corrected chi connectivity index (χ4v) is 2.27. The Bertz CT molecular complexity index is 403. The van der Waals surface area contributed by atoms with E-state index >= 15 is 0 Å². The molecule has 0 saturated heterocycles. The Labute approximate surface area is 115 Å². The molecule has 0 saturated carbocycles. The first-order valence-corrected chi connectivity index (χ1v) is 6.35. The molecule has 0 radical (unpaired) electrons. The molecular formula is C11H10BrClF4O. The topological polar surface area (TPSA) is 9.23 Å².